The second-order valence-corrected chi connectivity index (χ2v) is 6.09. The maximum absolute atomic E-state index is 4.04. The van der Waals surface area contributed by atoms with Crippen LogP contribution in [0.25, 0.3) is 0 Å². The standard InChI is InChI=1S/C9H14I/c1-4-5-9-7(2)6-8(3)10-9/h3-6H2,1-2H3/q-1. The van der Waals surface area contributed by atoms with Gasteiger partial charge in [0.25, 0.3) is 0 Å². The number of rotatable bonds is 2. The molecule has 1 aliphatic rings. The molecule has 0 N–H and O–H groups in total. The Morgan fingerprint density at radius 3 is 2.70 bits per heavy atom. The molecule has 0 saturated heterocycles. The summed E-state index contributed by atoms with van der Waals surface area (Å²) in [7, 11) is 0. The Morgan fingerprint density at radius 2 is 2.30 bits per heavy atom. The van der Waals surface area contributed by atoms with Crippen molar-refractivity contribution in [3.05, 3.63) is 19.3 Å². The van der Waals surface area contributed by atoms with Gasteiger partial charge < -0.3 is 0 Å². The predicted molar refractivity (Wildman–Crippen MR) is 41.4 cm³/mol. The fourth-order valence-electron chi connectivity index (χ4n) is 1.14. The van der Waals surface area contributed by atoms with Crippen molar-refractivity contribution in [1.29, 1.82) is 0 Å². The van der Waals surface area contributed by atoms with E-state index in [0.29, 0.717) is 0 Å². The zero-order valence-electron chi connectivity index (χ0n) is 6.71. The summed E-state index contributed by atoms with van der Waals surface area (Å²) in [6.45, 7) is 8.57. The van der Waals surface area contributed by atoms with Crippen LogP contribution in [0.5, 0.6) is 0 Å². The van der Waals surface area contributed by atoms with Gasteiger partial charge in [0.2, 0.25) is 0 Å². The van der Waals surface area contributed by atoms with E-state index in [0.717, 1.165) is 0 Å². The first kappa shape index (κ1) is 8.31. The Balaban J connectivity index is 2.57. The molecule has 10 heavy (non-hydrogen) atoms. The maximum atomic E-state index is 4.04. The van der Waals surface area contributed by atoms with Crippen LogP contribution in [0.15, 0.2) is 19.3 Å². The number of hydrogen-bond donors (Lipinski definition) is 0. The molecule has 1 heteroatoms. The van der Waals surface area contributed by atoms with Crippen molar-refractivity contribution < 1.29 is 21.2 Å². The molecule has 0 atom stereocenters. The van der Waals surface area contributed by atoms with Crippen LogP contribution in [-0.4, -0.2) is 0 Å². The third kappa shape index (κ3) is 1.84. The van der Waals surface area contributed by atoms with Crippen molar-refractivity contribution in [3.8, 4) is 0 Å². The Hall–Kier alpha value is 0.210. The van der Waals surface area contributed by atoms with Gasteiger partial charge in [-0.25, -0.2) is 0 Å². The molecule has 0 spiro atoms. The molecule has 0 aliphatic carbocycles. The van der Waals surface area contributed by atoms with E-state index in [9.17, 15) is 0 Å². The van der Waals surface area contributed by atoms with Gasteiger partial charge in [-0.1, -0.05) is 0 Å². The molecule has 0 aromatic heterocycles. The SMILES string of the molecule is C=C1CC(C)=C(CCC)[I-]1. The summed E-state index contributed by atoms with van der Waals surface area (Å²) in [5.41, 5.74) is 1.62. The summed E-state index contributed by atoms with van der Waals surface area (Å²) < 4.78 is 3.27. The van der Waals surface area contributed by atoms with Crippen molar-refractivity contribution in [2.24, 2.45) is 0 Å². The van der Waals surface area contributed by atoms with E-state index in [1.54, 1.807) is 9.15 Å². The van der Waals surface area contributed by atoms with Crippen LogP contribution in [0.4, 0.5) is 0 Å². The monoisotopic (exact) mass is 249 g/mol. The third-order valence-corrected chi connectivity index (χ3v) is 4.89. The molecule has 0 saturated carbocycles. The van der Waals surface area contributed by atoms with Crippen LogP contribution in [0, 0.1) is 0 Å². The molecule has 0 aromatic rings. The quantitative estimate of drug-likeness (QED) is 0.607. The first-order chi connectivity index (χ1) is 4.74. The molecule has 1 rings (SSSR count). The van der Waals surface area contributed by atoms with Gasteiger partial charge in [-0.2, -0.15) is 0 Å². The van der Waals surface area contributed by atoms with Crippen LogP contribution in [-0.2, 0) is 0 Å². The molecule has 58 valence electrons. The molecule has 0 nitrogen and oxygen atoms in total. The van der Waals surface area contributed by atoms with Crippen molar-refractivity contribution in [2.45, 2.75) is 33.1 Å². The Labute approximate surface area is 73.7 Å². The van der Waals surface area contributed by atoms with Crippen LogP contribution >= 0.6 is 0 Å². The molecular weight excluding hydrogens is 235 g/mol. The molecule has 1 heterocycles. The van der Waals surface area contributed by atoms with Gasteiger partial charge in [-0.05, 0) is 0 Å². The van der Waals surface area contributed by atoms with E-state index >= 15 is 0 Å². The number of halogens is 1. The fourth-order valence-corrected chi connectivity index (χ4v) is 4.28. The van der Waals surface area contributed by atoms with Gasteiger partial charge >= 0.3 is 73.6 Å². The van der Waals surface area contributed by atoms with Crippen LogP contribution in [0.3, 0.4) is 0 Å². The minimum atomic E-state index is 0.252. The van der Waals surface area contributed by atoms with Gasteiger partial charge in [0.15, 0.2) is 0 Å². The van der Waals surface area contributed by atoms with Crippen molar-refractivity contribution >= 4 is 0 Å². The molecular formula is C9H14I-. The summed E-state index contributed by atoms with van der Waals surface area (Å²) >= 11 is 0.252. The van der Waals surface area contributed by atoms with Crippen LogP contribution in [0.1, 0.15) is 33.1 Å². The topological polar surface area (TPSA) is 0 Å². The Kier molecular flexibility index (Phi) is 2.96. The zero-order chi connectivity index (χ0) is 7.56. The third-order valence-electron chi connectivity index (χ3n) is 1.64. The minimum absolute atomic E-state index is 0.252. The summed E-state index contributed by atoms with van der Waals surface area (Å²) in [6, 6.07) is 0. The van der Waals surface area contributed by atoms with E-state index in [1.165, 1.54) is 22.8 Å². The summed E-state index contributed by atoms with van der Waals surface area (Å²) in [6.07, 6.45) is 3.85. The zero-order valence-corrected chi connectivity index (χ0v) is 8.86. The molecule has 0 unspecified atom stereocenters. The van der Waals surface area contributed by atoms with Crippen molar-refractivity contribution in [1.82, 2.24) is 0 Å². The van der Waals surface area contributed by atoms with Gasteiger partial charge in [-0.3, -0.25) is 0 Å². The predicted octanol–water partition coefficient (Wildman–Crippen LogP) is 0.0669. The van der Waals surface area contributed by atoms with E-state index in [-0.39, 0.29) is 21.2 Å². The van der Waals surface area contributed by atoms with Gasteiger partial charge in [0.05, 0.1) is 0 Å². The van der Waals surface area contributed by atoms with Gasteiger partial charge in [-0.15, -0.1) is 0 Å². The number of allylic oxidation sites excluding steroid dienone is 3. The average Bonchev–Trinajstić information content (AvgIpc) is 2.13. The Morgan fingerprint density at radius 1 is 1.60 bits per heavy atom. The number of hydrogen-bond acceptors (Lipinski definition) is 0. The van der Waals surface area contributed by atoms with Crippen molar-refractivity contribution in [3.63, 3.8) is 0 Å². The van der Waals surface area contributed by atoms with Gasteiger partial charge in [0.1, 0.15) is 0 Å². The second kappa shape index (κ2) is 3.56. The molecule has 0 amide bonds. The second-order valence-electron chi connectivity index (χ2n) is 2.72. The van der Waals surface area contributed by atoms with E-state index in [1.807, 2.05) is 0 Å². The molecule has 0 aromatic carbocycles. The molecule has 0 bridgehead atoms. The van der Waals surface area contributed by atoms with Gasteiger partial charge in [0, 0.05) is 0 Å². The molecule has 0 fully saturated rings. The summed E-state index contributed by atoms with van der Waals surface area (Å²) in [5, 5.41) is 0. The average molecular weight is 249 g/mol. The van der Waals surface area contributed by atoms with Crippen molar-refractivity contribution in [2.75, 3.05) is 0 Å². The van der Waals surface area contributed by atoms with Crippen LogP contribution < -0.4 is 21.2 Å². The molecule has 0 radical (unpaired) electrons. The van der Waals surface area contributed by atoms with E-state index < -0.39 is 0 Å². The molecule has 1 aliphatic heterocycles. The first-order valence-electron chi connectivity index (χ1n) is 3.75. The Bertz CT molecular complexity index is 177. The summed E-state index contributed by atoms with van der Waals surface area (Å²) in [4.78, 5) is 0. The van der Waals surface area contributed by atoms with E-state index in [2.05, 4.69) is 20.4 Å². The normalized spacial score (nSPS) is 19.6. The summed E-state index contributed by atoms with van der Waals surface area (Å²) in [5.74, 6) is 0. The first-order valence-corrected chi connectivity index (χ1v) is 5.91. The van der Waals surface area contributed by atoms with Crippen LogP contribution in [0.2, 0.25) is 0 Å². The van der Waals surface area contributed by atoms with E-state index in [4.69, 9.17) is 0 Å². The fraction of sp³-hybridized carbons (Fsp3) is 0.556.